The molecule has 3 heterocycles. The van der Waals surface area contributed by atoms with Crippen LogP contribution in [0.25, 0.3) is 31.9 Å². The van der Waals surface area contributed by atoms with Gasteiger partial charge >= 0.3 is 11.9 Å². The number of para-hydroxylation sites is 1. The minimum Gasteiger partial charge on any atom is -0.459 e. The summed E-state index contributed by atoms with van der Waals surface area (Å²) in [5.74, 6) is 0.719. The first-order valence-electron chi connectivity index (χ1n) is 13.3. The predicted molar refractivity (Wildman–Crippen MR) is 175 cm³/mol. The standard InChI is InChI=1S/C33H26N2O6S3/c1-4-22(13-8-16-26(36)38-17-18-39-33(37)21(2)3)40-31-27(24-14-9-19-42-24)29-30(35-44-34-29)28(25-15-10-20-43-25)32(31)41-23-11-6-5-7-12-23/h4-16,19-20H,1-2,17-18H2,3H3/b16-8+,22-13+. The average molecular weight is 643 g/mol. The Morgan fingerprint density at radius 1 is 0.864 bits per heavy atom. The van der Waals surface area contributed by atoms with E-state index in [1.807, 2.05) is 65.4 Å². The third kappa shape index (κ3) is 7.20. The number of hydrogen-bond acceptors (Lipinski definition) is 11. The van der Waals surface area contributed by atoms with Crippen LogP contribution in [0.3, 0.4) is 0 Å². The lowest BCUT2D eigenvalue weighted by molar-refractivity contribution is -0.146. The summed E-state index contributed by atoms with van der Waals surface area (Å²) >= 11 is 4.22. The largest absolute Gasteiger partial charge is 0.459 e. The van der Waals surface area contributed by atoms with E-state index in [9.17, 15) is 9.59 Å². The quantitative estimate of drug-likeness (QED) is 0.0414. The fraction of sp³-hybridized carbons (Fsp3) is 0.0909. The lowest BCUT2D eigenvalue weighted by Gasteiger charge is -2.19. The maximum atomic E-state index is 12.2. The van der Waals surface area contributed by atoms with E-state index in [1.165, 1.54) is 25.2 Å². The van der Waals surface area contributed by atoms with Gasteiger partial charge in [-0.25, -0.2) is 9.59 Å². The third-order valence-corrected chi connectivity index (χ3v) is 8.25. The molecule has 0 saturated carbocycles. The van der Waals surface area contributed by atoms with Crippen LogP contribution in [0, 0.1) is 0 Å². The van der Waals surface area contributed by atoms with Gasteiger partial charge in [0.2, 0.25) is 0 Å². The van der Waals surface area contributed by atoms with E-state index >= 15 is 0 Å². The van der Waals surface area contributed by atoms with E-state index in [0.717, 1.165) is 32.6 Å². The number of carbonyl (C=O) groups is 2. The van der Waals surface area contributed by atoms with Crippen molar-refractivity contribution < 1.29 is 28.5 Å². The van der Waals surface area contributed by atoms with Crippen molar-refractivity contribution in [2.75, 3.05) is 13.2 Å². The molecular weight excluding hydrogens is 617 g/mol. The molecule has 0 fully saturated rings. The fourth-order valence-electron chi connectivity index (χ4n) is 3.99. The summed E-state index contributed by atoms with van der Waals surface area (Å²) in [5, 5.41) is 3.97. The Balaban J connectivity index is 1.53. The number of fused-ring (bicyclic) bond motifs is 1. The van der Waals surface area contributed by atoms with E-state index in [-0.39, 0.29) is 18.8 Å². The monoisotopic (exact) mass is 642 g/mol. The number of aromatic nitrogens is 2. The first-order valence-corrected chi connectivity index (χ1v) is 15.8. The molecule has 5 aromatic rings. The maximum absolute atomic E-state index is 12.2. The lowest BCUT2D eigenvalue weighted by Crippen LogP contribution is -2.12. The van der Waals surface area contributed by atoms with E-state index in [1.54, 1.807) is 28.7 Å². The number of ether oxygens (including phenoxy) is 4. The van der Waals surface area contributed by atoms with Crippen LogP contribution in [-0.4, -0.2) is 33.9 Å². The maximum Gasteiger partial charge on any atom is 0.333 e. The Kier molecular flexibility index (Phi) is 10.1. The number of rotatable bonds is 13. The molecule has 8 nitrogen and oxygen atoms in total. The smallest absolute Gasteiger partial charge is 0.333 e. The van der Waals surface area contributed by atoms with Crippen molar-refractivity contribution in [2.45, 2.75) is 6.92 Å². The zero-order valence-corrected chi connectivity index (χ0v) is 26.0. The van der Waals surface area contributed by atoms with Crippen molar-refractivity contribution in [2.24, 2.45) is 0 Å². The topological polar surface area (TPSA) is 96.8 Å². The number of thiophene rings is 2. The molecule has 0 amide bonds. The van der Waals surface area contributed by atoms with Gasteiger partial charge in [0.25, 0.3) is 0 Å². The van der Waals surface area contributed by atoms with Gasteiger partial charge in [-0.15, -0.1) is 22.7 Å². The molecule has 0 saturated heterocycles. The summed E-state index contributed by atoms with van der Waals surface area (Å²) in [6, 6.07) is 17.4. The first-order chi connectivity index (χ1) is 21.5. The van der Waals surface area contributed by atoms with Gasteiger partial charge in [-0.05, 0) is 54.1 Å². The molecule has 222 valence electrons. The Labute approximate surface area is 266 Å². The van der Waals surface area contributed by atoms with Crippen LogP contribution in [0.1, 0.15) is 6.92 Å². The van der Waals surface area contributed by atoms with Gasteiger partial charge in [0.15, 0.2) is 11.5 Å². The van der Waals surface area contributed by atoms with Gasteiger partial charge in [0, 0.05) is 21.4 Å². The van der Waals surface area contributed by atoms with Gasteiger partial charge in [0.05, 0.1) is 22.9 Å². The van der Waals surface area contributed by atoms with Crippen LogP contribution in [0.5, 0.6) is 17.2 Å². The fourth-order valence-corrected chi connectivity index (χ4v) is 6.09. The second-order valence-corrected chi connectivity index (χ2v) is 11.5. The molecule has 0 aliphatic heterocycles. The highest BCUT2D eigenvalue weighted by molar-refractivity contribution is 7.14. The van der Waals surface area contributed by atoms with E-state index in [0.29, 0.717) is 34.0 Å². The lowest BCUT2D eigenvalue weighted by atomic mass is 10.0. The highest BCUT2D eigenvalue weighted by atomic mass is 32.1. The van der Waals surface area contributed by atoms with Gasteiger partial charge < -0.3 is 18.9 Å². The zero-order chi connectivity index (χ0) is 30.9. The van der Waals surface area contributed by atoms with E-state index in [2.05, 4.69) is 21.9 Å². The molecule has 0 aliphatic rings. The van der Waals surface area contributed by atoms with Crippen LogP contribution in [0.15, 0.2) is 114 Å². The van der Waals surface area contributed by atoms with Crippen molar-refractivity contribution in [3.63, 3.8) is 0 Å². The SMILES string of the molecule is C=C/C(=C\C=C\C(=O)OCCOC(=O)C(=C)C)Oc1c(Oc2ccccc2)c(-c2cccs2)c2nsnc2c1-c1cccs1. The van der Waals surface area contributed by atoms with Crippen molar-refractivity contribution >= 4 is 57.4 Å². The summed E-state index contributed by atoms with van der Waals surface area (Å²) in [4.78, 5) is 25.5. The first kappa shape index (κ1) is 30.6. The van der Waals surface area contributed by atoms with Crippen molar-refractivity contribution in [1.82, 2.24) is 8.75 Å². The second-order valence-electron chi connectivity index (χ2n) is 9.06. The average Bonchev–Trinajstić information content (AvgIpc) is 3.83. The van der Waals surface area contributed by atoms with Crippen LogP contribution in [0.2, 0.25) is 0 Å². The summed E-state index contributed by atoms with van der Waals surface area (Å²) in [6.07, 6.45) is 5.85. The molecular formula is C33H26N2O6S3. The molecule has 0 bridgehead atoms. The van der Waals surface area contributed by atoms with Gasteiger partial charge in [-0.3, -0.25) is 0 Å². The number of carbonyl (C=O) groups excluding carboxylic acids is 2. The zero-order valence-electron chi connectivity index (χ0n) is 23.6. The molecule has 11 heteroatoms. The molecule has 5 rings (SSSR count). The summed E-state index contributed by atoms with van der Waals surface area (Å²) < 4.78 is 32.5. The van der Waals surface area contributed by atoms with Crippen molar-refractivity contribution in [3.8, 4) is 38.1 Å². The van der Waals surface area contributed by atoms with Crippen LogP contribution in [0.4, 0.5) is 0 Å². The van der Waals surface area contributed by atoms with Crippen molar-refractivity contribution in [1.29, 1.82) is 0 Å². The molecule has 3 aromatic heterocycles. The third-order valence-electron chi connectivity index (χ3n) is 5.94. The molecule has 0 spiro atoms. The Morgan fingerprint density at radius 3 is 2.09 bits per heavy atom. The Hall–Kier alpha value is -4.84. The van der Waals surface area contributed by atoms with Gasteiger partial charge in [0.1, 0.15) is 35.8 Å². The molecule has 0 radical (unpaired) electrons. The molecule has 0 atom stereocenters. The normalized spacial score (nSPS) is 11.4. The summed E-state index contributed by atoms with van der Waals surface area (Å²) in [5.41, 5.74) is 3.16. The second kappa shape index (κ2) is 14.6. The van der Waals surface area contributed by atoms with Crippen molar-refractivity contribution in [3.05, 3.63) is 114 Å². The summed E-state index contributed by atoms with van der Waals surface area (Å²) in [7, 11) is 0. The predicted octanol–water partition coefficient (Wildman–Crippen LogP) is 8.61. The van der Waals surface area contributed by atoms with Crippen LogP contribution < -0.4 is 9.47 Å². The Bertz CT molecular complexity index is 1840. The van der Waals surface area contributed by atoms with Gasteiger partial charge in [-0.2, -0.15) is 8.75 Å². The molecule has 0 unspecified atom stereocenters. The highest BCUT2D eigenvalue weighted by Crippen LogP contribution is 2.53. The molecule has 0 N–H and O–H groups in total. The molecule has 2 aromatic carbocycles. The van der Waals surface area contributed by atoms with Crippen LogP contribution >= 0.6 is 34.4 Å². The number of esters is 2. The molecule has 0 aliphatic carbocycles. The summed E-state index contributed by atoms with van der Waals surface area (Å²) in [6.45, 7) is 8.80. The van der Waals surface area contributed by atoms with E-state index < -0.39 is 11.9 Å². The minimum absolute atomic E-state index is 0.0711. The van der Waals surface area contributed by atoms with Gasteiger partial charge in [-0.1, -0.05) is 49.6 Å². The van der Waals surface area contributed by atoms with Crippen LogP contribution in [-0.2, 0) is 19.1 Å². The number of hydrogen-bond donors (Lipinski definition) is 0. The highest BCUT2D eigenvalue weighted by Gasteiger charge is 2.29. The minimum atomic E-state index is -0.613. The molecule has 44 heavy (non-hydrogen) atoms. The number of benzene rings is 2. The number of allylic oxidation sites excluding steroid dienone is 3. The van der Waals surface area contributed by atoms with E-state index in [4.69, 9.17) is 18.9 Å². The Morgan fingerprint density at radius 2 is 1.50 bits per heavy atom. The number of nitrogens with zero attached hydrogens (tertiary/aromatic N) is 2.